The first-order chi connectivity index (χ1) is 6.74. The molecular weight excluding hydrogens is 200 g/mol. The van der Waals surface area contributed by atoms with Crippen LogP contribution in [0.25, 0.3) is 0 Å². The van der Waals surface area contributed by atoms with Gasteiger partial charge in [0, 0.05) is 6.42 Å². The largest absolute Gasteiger partial charge is 0.466 e. The molecule has 4 heteroatoms. The number of thiophene rings is 1. The Kier molecular flexibility index (Phi) is 4.32. The molecule has 0 radical (unpaired) electrons. The second-order valence-electron chi connectivity index (χ2n) is 2.71. The molecule has 0 bridgehead atoms. The van der Waals surface area contributed by atoms with Gasteiger partial charge in [0.2, 0.25) is 0 Å². The van der Waals surface area contributed by atoms with E-state index < -0.39 is 0 Å². The number of esters is 1. The fraction of sp³-hybridized carbons (Fsp3) is 0.400. The maximum absolute atomic E-state index is 11.4. The molecule has 0 unspecified atom stereocenters. The fourth-order valence-corrected chi connectivity index (χ4v) is 1.70. The molecule has 0 amide bonds. The van der Waals surface area contributed by atoms with E-state index in [-0.39, 0.29) is 24.6 Å². The molecule has 0 spiro atoms. The lowest BCUT2D eigenvalue weighted by Crippen LogP contribution is -2.07. The number of rotatable bonds is 5. The predicted octanol–water partition coefficient (Wildman–Crippen LogP) is 2.27. The van der Waals surface area contributed by atoms with Crippen molar-refractivity contribution in [2.45, 2.75) is 19.8 Å². The predicted molar refractivity (Wildman–Crippen MR) is 54.5 cm³/mol. The molecular formula is C10H12O3S. The van der Waals surface area contributed by atoms with Gasteiger partial charge in [0.15, 0.2) is 5.78 Å². The summed E-state index contributed by atoms with van der Waals surface area (Å²) in [7, 11) is 0. The van der Waals surface area contributed by atoms with Crippen LogP contribution < -0.4 is 0 Å². The molecule has 1 rings (SSSR count). The minimum absolute atomic E-state index is 0.00746. The molecule has 0 aliphatic carbocycles. The van der Waals surface area contributed by atoms with Gasteiger partial charge in [0.25, 0.3) is 0 Å². The van der Waals surface area contributed by atoms with Crippen molar-refractivity contribution in [1.29, 1.82) is 0 Å². The van der Waals surface area contributed by atoms with Gasteiger partial charge in [-0.1, -0.05) is 6.07 Å². The molecule has 14 heavy (non-hydrogen) atoms. The number of ketones is 1. The van der Waals surface area contributed by atoms with Crippen LogP contribution in [-0.4, -0.2) is 18.4 Å². The average Bonchev–Trinajstić information content (AvgIpc) is 2.67. The summed E-state index contributed by atoms with van der Waals surface area (Å²) in [6.07, 6.45) is 0.407. The van der Waals surface area contributed by atoms with Gasteiger partial charge in [-0.15, -0.1) is 11.3 Å². The van der Waals surface area contributed by atoms with Gasteiger partial charge in [-0.25, -0.2) is 0 Å². The molecule has 0 aromatic carbocycles. The maximum atomic E-state index is 11.4. The Hall–Kier alpha value is -1.16. The lowest BCUT2D eigenvalue weighted by atomic mass is 10.2. The zero-order valence-electron chi connectivity index (χ0n) is 7.99. The van der Waals surface area contributed by atoms with E-state index >= 15 is 0 Å². The van der Waals surface area contributed by atoms with Crippen LogP contribution in [0.3, 0.4) is 0 Å². The maximum Gasteiger partial charge on any atom is 0.306 e. The van der Waals surface area contributed by atoms with Gasteiger partial charge in [0.1, 0.15) is 0 Å². The first-order valence-corrected chi connectivity index (χ1v) is 5.34. The fourth-order valence-electron chi connectivity index (χ4n) is 1.01. The third-order valence-corrected chi connectivity index (χ3v) is 2.57. The van der Waals surface area contributed by atoms with Crippen molar-refractivity contribution in [2.24, 2.45) is 0 Å². The van der Waals surface area contributed by atoms with Crippen LogP contribution in [0.15, 0.2) is 17.5 Å². The Bertz CT molecular complexity index is 303. The van der Waals surface area contributed by atoms with E-state index in [9.17, 15) is 9.59 Å². The van der Waals surface area contributed by atoms with Crippen LogP contribution in [0.1, 0.15) is 29.4 Å². The summed E-state index contributed by atoms with van der Waals surface area (Å²) < 4.78 is 4.72. The Balaban J connectivity index is 2.32. The zero-order chi connectivity index (χ0) is 10.4. The van der Waals surface area contributed by atoms with Crippen molar-refractivity contribution in [3.63, 3.8) is 0 Å². The molecule has 1 aromatic rings. The van der Waals surface area contributed by atoms with E-state index in [0.717, 1.165) is 0 Å². The SMILES string of the molecule is CCOC(=O)CCC(=O)c1cccs1. The first kappa shape index (κ1) is 10.9. The van der Waals surface area contributed by atoms with Crippen molar-refractivity contribution in [1.82, 2.24) is 0 Å². The third-order valence-electron chi connectivity index (χ3n) is 1.66. The van der Waals surface area contributed by atoms with Crippen molar-refractivity contribution in [3.05, 3.63) is 22.4 Å². The number of carbonyl (C=O) groups is 2. The molecule has 0 saturated heterocycles. The summed E-state index contributed by atoms with van der Waals surface area (Å²) in [5.41, 5.74) is 0. The van der Waals surface area contributed by atoms with Gasteiger partial charge in [-0.2, -0.15) is 0 Å². The van der Waals surface area contributed by atoms with Crippen LogP contribution >= 0.6 is 11.3 Å². The van der Waals surface area contributed by atoms with Gasteiger partial charge >= 0.3 is 5.97 Å². The number of Topliss-reactive ketones (excluding diaryl/α,β-unsaturated/α-hetero) is 1. The van der Waals surface area contributed by atoms with E-state index in [1.807, 2.05) is 11.4 Å². The average molecular weight is 212 g/mol. The highest BCUT2D eigenvalue weighted by Crippen LogP contribution is 2.12. The van der Waals surface area contributed by atoms with E-state index in [0.29, 0.717) is 11.5 Å². The van der Waals surface area contributed by atoms with Gasteiger partial charge < -0.3 is 4.74 Å². The Labute approximate surface area is 86.7 Å². The molecule has 1 heterocycles. The third kappa shape index (κ3) is 3.30. The minimum atomic E-state index is -0.308. The molecule has 0 aliphatic rings. The number of ether oxygens (including phenoxy) is 1. The number of hydrogen-bond donors (Lipinski definition) is 0. The molecule has 0 aliphatic heterocycles. The number of hydrogen-bond acceptors (Lipinski definition) is 4. The summed E-state index contributed by atoms with van der Waals surface area (Å²) in [6.45, 7) is 2.12. The highest BCUT2D eigenvalue weighted by atomic mass is 32.1. The Morgan fingerprint density at radius 2 is 2.21 bits per heavy atom. The monoisotopic (exact) mass is 212 g/mol. The van der Waals surface area contributed by atoms with Crippen LogP contribution in [0, 0.1) is 0 Å². The zero-order valence-corrected chi connectivity index (χ0v) is 8.80. The van der Waals surface area contributed by atoms with Gasteiger partial charge in [-0.3, -0.25) is 9.59 Å². The van der Waals surface area contributed by atoms with E-state index in [1.165, 1.54) is 11.3 Å². The molecule has 76 valence electrons. The van der Waals surface area contributed by atoms with Crippen molar-refractivity contribution < 1.29 is 14.3 Å². The molecule has 1 aromatic heterocycles. The Morgan fingerprint density at radius 3 is 2.79 bits per heavy atom. The summed E-state index contributed by atoms with van der Waals surface area (Å²) in [4.78, 5) is 23.1. The van der Waals surface area contributed by atoms with Gasteiger partial charge in [0.05, 0.1) is 17.9 Å². The van der Waals surface area contributed by atoms with Crippen LogP contribution in [0.2, 0.25) is 0 Å². The lowest BCUT2D eigenvalue weighted by Gasteiger charge is -1.99. The molecule has 0 N–H and O–H groups in total. The summed E-state index contributed by atoms with van der Waals surface area (Å²) >= 11 is 1.39. The van der Waals surface area contributed by atoms with Crippen LogP contribution in [0.4, 0.5) is 0 Å². The van der Waals surface area contributed by atoms with E-state index in [1.54, 1.807) is 13.0 Å². The van der Waals surface area contributed by atoms with Crippen molar-refractivity contribution >= 4 is 23.1 Å². The van der Waals surface area contributed by atoms with E-state index in [4.69, 9.17) is 4.74 Å². The summed E-state index contributed by atoms with van der Waals surface area (Å²) in [6, 6.07) is 3.58. The molecule has 0 atom stereocenters. The van der Waals surface area contributed by atoms with E-state index in [2.05, 4.69) is 0 Å². The topological polar surface area (TPSA) is 43.4 Å². The molecule has 0 saturated carbocycles. The number of carbonyl (C=O) groups excluding carboxylic acids is 2. The summed E-state index contributed by atoms with van der Waals surface area (Å²) in [5, 5.41) is 1.84. The highest BCUT2D eigenvalue weighted by Gasteiger charge is 2.09. The molecule has 3 nitrogen and oxygen atoms in total. The smallest absolute Gasteiger partial charge is 0.306 e. The lowest BCUT2D eigenvalue weighted by molar-refractivity contribution is -0.143. The Morgan fingerprint density at radius 1 is 1.43 bits per heavy atom. The summed E-state index contributed by atoms with van der Waals surface area (Å²) in [5.74, 6) is -0.301. The standard InChI is InChI=1S/C10H12O3S/c1-2-13-10(12)6-5-8(11)9-4-3-7-14-9/h3-4,7H,2,5-6H2,1H3. The second-order valence-corrected chi connectivity index (χ2v) is 3.65. The normalized spacial score (nSPS) is 9.79. The quantitative estimate of drug-likeness (QED) is 0.555. The second kappa shape index (κ2) is 5.54. The highest BCUT2D eigenvalue weighted by molar-refractivity contribution is 7.12. The van der Waals surface area contributed by atoms with Crippen LogP contribution in [0.5, 0.6) is 0 Å². The molecule has 0 fully saturated rings. The minimum Gasteiger partial charge on any atom is -0.466 e. The van der Waals surface area contributed by atoms with Crippen molar-refractivity contribution in [3.8, 4) is 0 Å². The van der Waals surface area contributed by atoms with Crippen molar-refractivity contribution in [2.75, 3.05) is 6.61 Å². The first-order valence-electron chi connectivity index (χ1n) is 4.46. The van der Waals surface area contributed by atoms with Gasteiger partial charge in [-0.05, 0) is 18.4 Å². The van der Waals surface area contributed by atoms with Crippen LogP contribution in [-0.2, 0) is 9.53 Å².